The van der Waals surface area contributed by atoms with Gasteiger partial charge in [0.2, 0.25) is 0 Å². The monoisotopic (exact) mass is 334 g/mol. The zero-order chi connectivity index (χ0) is 17.2. The molecule has 1 aliphatic rings. The summed E-state index contributed by atoms with van der Waals surface area (Å²) in [5.74, 6) is -1.51. The molecule has 4 N–H and O–H groups in total. The molecule has 0 bridgehead atoms. The van der Waals surface area contributed by atoms with Crippen LogP contribution in [0.25, 0.3) is 0 Å². The maximum atomic E-state index is 10.7. The van der Waals surface area contributed by atoms with Crippen LogP contribution in [0.2, 0.25) is 0 Å². The number of hydrogen-bond acceptors (Lipinski definition) is 6. The van der Waals surface area contributed by atoms with Gasteiger partial charge in [0.25, 0.3) is 0 Å². The minimum absolute atomic E-state index is 0.360. The summed E-state index contributed by atoms with van der Waals surface area (Å²) in [7, 11) is 0. The smallest absolute Gasteiger partial charge is 0.335 e. The van der Waals surface area contributed by atoms with Crippen molar-refractivity contribution in [2.24, 2.45) is 0 Å². The molecule has 0 spiro atoms. The fourth-order valence-electron chi connectivity index (χ4n) is 2.65. The Kier molecular flexibility index (Phi) is 9.66. The molecule has 0 aromatic heterocycles. The first-order chi connectivity index (χ1) is 11.0. The van der Waals surface area contributed by atoms with Crippen molar-refractivity contribution >= 4 is 5.97 Å². The van der Waals surface area contributed by atoms with Crippen LogP contribution < -0.4 is 0 Å². The first-order valence-electron chi connectivity index (χ1n) is 8.53. The van der Waals surface area contributed by atoms with E-state index in [9.17, 15) is 20.1 Å². The van der Waals surface area contributed by atoms with Crippen molar-refractivity contribution in [1.82, 2.24) is 0 Å². The van der Waals surface area contributed by atoms with Crippen LogP contribution in [0.5, 0.6) is 0 Å². The first-order valence-corrected chi connectivity index (χ1v) is 8.53. The summed E-state index contributed by atoms with van der Waals surface area (Å²) in [4.78, 5) is 10.7. The van der Waals surface area contributed by atoms with E-state index in [1.807, 2.05) is 0 Å². The highest BCUT2D eigenvalue weighted by Crippen LogP contribution is 2.25. The van der Waals surface area contributed by atoms with E-state index in [2.05, 4.69) is 6.92 Å². The number of carbonyl (C=O) groups is 1. The van der Waals surface area contributed by atoms with Gasteiger partial charge in [0, 0.05) is 6.61 Å². The lowest BCUT2D eigenvalue weighted by atomic mass is 10.1. The van der Waals surface area contributed by atoms with Gasteiger partial charge in [0.15, 0.2) is 12.4 Å². The summed E-state index contributed by atoms with van der Waals surface area (Å²) in [6.07, 6.45) is 1.98. The van der Waals surface area contributed by atoms with E-state index >= 15 is 0 Å². The lowest BCUT2D eigenvalue weighted by Gasteiger charge is -2.17. The third-order valence-electron chi connectivity index (χ3n) is 4.10. The van der Waals surface area contributed by atoms with Gasteiger partial charge in [-0.1, -0.05) is 51.9 Å². The van der Waals surface area contributed by atoms with E-state index in [4.69, 9.17) is 14.6 Å². The molecule has 23 heavy (non-hydrogen) atoms. The molecule has 0 amide bonds. The van der Waals surface area contributed by atoms with Gasteiger partial charge in [-0.2, -0.15) is 0 Å². The number of carboxylic acids is 1. The second-order valence-corrected chi connectivity index (χ2v) is 6.08. The molecule has 0 aromatic carbocycles. The lowest BCUT2D eigenvalue weighted by molar-refractivity contribution is -0.186. The van der Waals surface area contributed by atoms with Gasteiger partial charge in [0.1, 0.15) is 18.3 Å². The Morgan fingerprint density at radius 2 is 1.61 bits per heavy atom. The zero-order valence-electron chi connectivity index (χ0n) is 13.8. The number of carboxylic acid groups (broad SMARTS) is 1. The second-order valence-electron chi connectivity index (χ2n) is 6.08. The molecule has 7 heteroatoms. The number of ether oxygens (including phenoxy) is 2. The molecule has 1 rings (SSSR count). The van der Waals surface area contributed by atoms with Crippen molar-refractivity contribution in [3.63, 3.8) is 0 Å². The molecule has 1 heterocycles. The average Bonchev–Trinajstić information content (AvgIpc) is 2.80. The van der Waals surface area contributed by atoms with E-state index in [-0.39, 0.29) is 0 Å². The topological polar surface area (TPSA) is 116 Å². The van der Waals surface area contributed by atoms with Crippen molar-refractivity contribution in [2.75, 3.05) is 6.61 Å². The Morgan fingerprint density at radius 1 is 1.04 bits per heavy atom. The molecule has 136 valence electrons. The van der Waals surface area contributed by atoms with Gasteiger partial charge in [-0.15, -0.1) is 0 Å². The Hall–Kier alpha value is -0.730. The van der Waals surface area contributed by atoms with Crippen LogP contribution in [0.15, 0.2) is 0 Å². The van der Waals surface area contributed by atoms with Crippen molar-refractivity contribution in [2.45, 2.75) is 89.0 Å². The van der Waals surface area contributed by atoms with Crippen LogP contribution in [-0.2, 0) is 14.3 Å². The molecule has 7 nitrogen and oxygen atoms in total. The van der Waals surface area contributed by atoms with E-state index in [1.165, 1.54) is 32.1 Å². The molecule has 1 saturated heterocycles. The quantitative estimate of drug-likeness (QED) is 0.394. The average molecular weight is 334 g/mol. The maximum absolute atomic E-state index is 10.7. The van der Waals surface area contributed by atoms with Crippen LogP contribution in [0.3, 0.4) is 0 Å². The van der Waals surface area contributed by atoms with Crippen molar-refractivity contribution in [3.8, 4) is 0 Å². The normalized spacial score (nSPS) is 28.9. The van der Waals surface area contributed by atoms with Crippen molar-refractivity contribution in [1.29, 1.82) is 0 Å². The largest absolute Gasteiger partial charge is 0.479 e. The van der Waals surface area contributed by atoms with E-state index in [0.29, 0.717) is 6.61 Å². The summed E-state index contributed by atoms with van der Waals surface area (Å²) in [6.45, 7) is 2.55. The highest BCUT2D eigenvalue weighted by atomic mass is 16.7. The van der Waals surface area contributed by atoms with E-state index in [1.54, 1.807) is 0 Å². The second kappa shape index (κ2) is 10.9. The van der Waals surface area contributed by atoms with Gasteiger partial charge in [-0.25, -0.2) is 4.79 Å². The predicted octanol–water partition coefficient (Wildman–Crippen LogP) is 1.04. The Balaban J connectivity index is 2.14. The molecule has 5 atom stereocenters. The van der Waals surface area contributed by atoms with Crippen LogP contribution in [0.4, 0.5) is 0 Å². The standard InChI is InChI=1S/C16H30O7/c1-2-3-4-5-6-7-8-9-10-22-16-12(18)11(17)14(23-16)13(19)15(20)21/h11-14,16-19H,2-10H2,1H3,(H,20,21)/t11?,12?,13?,14-,16+/m0/s1. The summed E-state index contributed by atoms with van der Waals surface area (Å²) in [6, 6.07) is 0. The highest BCUT2D eigenvalue weighted by Gasteiger charge is 2.48. The molecular weight excluding hydrogens is 304 g/mol. The summed E-state index contributed by atoms with van der Waals surface area (Å²) in [5, 5.41) is 37.6. The SMILES string of the molecule is CCCCCCCCCCO[C@@H]1O[C@H](C(O)C(=O)O)C(O)C1O. The number of rotatable bonds is 12. The molecule has 0 aromatic rings. The van der Waals surface area contributed by atoms with E-state index in [0.717, 1.165) is 19.3 Å². The van der Waals surface area contributed by atoms with Crippen LogP contribution in [0, 0.1) is 0 Å². The fraction of sp³-hybridized carbons (Fsp3) is 0.938. The minimum atomic E-state index is -1.89. The third-order valence-corrected chi connectivity index (χ3v) is 4.10. The maximum Gasteiger partial charge on any atom is 0.335 e. The van der Waals surface area contributed by atoms with E-state index < -0.39 is 36.7 Å². The highest BCUT2D eigenvalue weighted by molar-refractivity contribution is 5.72. The molecule has 0 aliphatic carbocycles. The van der Waals surface area contributed by atoms with Gasteiger partial charge in [-0.05, 0) is 6.42 Å². The first kappa shape index (κ1) is 20.3. The fourth-order valence-corrected chi connectivity index (χ4v) is 2.65. The van der Waals surface area contributed by atoms with Gasteiger partial charge < -0.3 is 29.9 Å². The molecular formula is C16H30O7. The minimum Gasteiger partial charge on any atom is -0.479 e. The summed E-state index contributed by atoms with van der Waals surface area (Å²) in [5.41, 5.74) is 0. The van der Waals surface area contributed by atoms with Crippen LogP contribution in [0.1, 0.15) is 58.3 Å². The van der Waals surface area contributed by atoms with Gasteiger partial charge >= 0.3 is 5.97 Å². The van der Waals surface area contributed by atoms with Gasteiger partial charge in [0.05, 0.1) is 0 Å². The molecule has 3 unspecified atom stereocenters. The number of aliphatic hydroxyl groups is 3. The van der Waals surface area contributed by atoms with Crippen LogP contribution in [-0.4, -0.2) is 63.7 Å². The van der Waals surface area contributed by atoms with Crippen molar-refractivity contribution < 1.29 is 34.7 Å². The van der Waals surface area contributed by atoms with Crippen LogP contribution >= 0.6 is 0 Å². The number of unbranched alkanes of at least 4 members (excludes halogenated alkanes) is 7. The lowest BCUT2D eigenvalue weighted by Crippen LogP contribution is -2.42. The Labute approximate surface area is 137 Å². The molecule has 1 aliphatic heterocycles. The zero-order valence-corrected chi connectivity index (χ0v) is 13.8. The molecule has 0 saturated carbocycles. The Morgan fingerprint density at radius 3 is 2.17 bits per heavy atom. The number of hydrogen-bond donors (Lipinski definition) is 4. The summed E-state index contributed by atoms with van der Waals surface area (Å²) < 4.78 is 10.5. The molecule has 0 radical (unpaired) electrons. The van der Waals surface area contributed by atoms with Gasteiger partial charge in [-0.3, -0.25) is 0 Å². The summed E-state index contributed by atoms with van der Waals surface area (Å²) >= 11 is 0. The number of aliphatic hydroxyl groups excluding tert-OH is 3. The Bertz CT molecular complexity index is 336. The molecule has 1 fully saturated rings. The third kappa shape index (κ3) is 6.73. The van der Waals surface area contributed by atoms with Crippen molar-refractivity contribution in [3.05, 3.63) is 0 Å². The number of aliphatic carboxylic acids is 1. The predicted molar refractivity (Wildman–Crippen MR) is 82.9 cm³/mol.